The van der Waals surface area contributed by atoms with Gasteiger partial charge in [0.25, 0.3) is 0 Å². The van der Waals surface area contributed by atoms with E-state index in [1.165, 1.54) is 0 Å². The first-order chi connectivity index (χ1) is 12.0. The molecule has 0 unspecified atom stereocenters. The van der Waals surface area contributed by atoms with Crippen LogP contribution in [0.1, 0.15) is 18.2 Å². The second-order valence-corrected chi connectivity index (χ2v) is 5.80. The van der Waals surface area contributed by atoms with Crippen LogP contribution in [0.2, 0.25) is 0 Å². The predicted octanol–water partition coefficient (Wildman–Crippen LogP) is 1.32. The number of nitrogens with one attached hydrogen (secondary N) is 1. The molecule has 2 aliphatic rings. The van der Waals surface area contributed by atoms with Crippen LogP contribution in [0.3, 0.4) is 0 Å². The van der Waals surface area contributed by atoms with E-state index < -0.39 is 11.9 Å². The van der Waals surface area contributed by atoms with Crippen LogP contribution in [-0.4, -0.2) is 58.1 Å². The first-order valence-electron chi connectivity index (χ1n) is 7.92. The van der Waals surface area contributed by atoms with E-state index in [1.807, 2.05) is 0 Å². The Morgan fingerprint density at radius 2 is 1.92 bits per heavy atom. The Kier molecular flexibility index (Phi) is 4.91. The molecule has 0 atom stereocenters. The lowest BCUT2D eigenvalue weighted by atomic mass is 10.2. The maximum Gasteiger partial charge on any atom is 0.433 e. The molecular formula is C15H19F3N6O. The Bertz CT molecular complexity index is 724. The Labute approximate surface area is 142 Å². The quantitative estimate of drug-likeness (QED) is 0.864. The largest absolute Gasteiger partial charge is 0.433 e. The van der Waals surface area contributed by atoms with E-state index in [0.29, 0.717) is 18.7 Å². The average Bonchev–Trinajstić information content (AvgIpc) is 2.94. The van der Waals surface area contributed by atoms with Crippen molar-refractivity contribution in [3.05, 3.63) is 24.2 Å². The molecule has 7 nitrogen and oxygen atoms in total. The zero-order valence-corrected chi connectivity index (χ0v) is 13.7. The highest BCUT2D eigenvalue weighted by molar-refractivity contribution is 5.59. The van der Waals surface area contributed by atoms with Gasteiger partial charge in [0.05, 0.1) is 17.9 Å². The minimum absolute atomic E-state index is 0.138. The predicted molar refractivity (Wildman–Crippen MR) is 85.1 cm³/mol. The topological polar surface area (TPSA) is 79.1 Å². The molecule has 0 bridgehead atoms. The third-order valence-electron chi connectivity index (χ3n) is 4.17. The van der Waals surface area contributed by atoms with E-state index in [-0.39, 0.29) is 17.7 Å². The number of aliphatic hydroxyl groups excluding tert-OH is 1. The van der Waals surface area contributed by atoms with Crippen molar-refractivity contribution in [2.45, 2.75) is 18.6 Å². The second-order valence-electron chi connectivity index (χ2n) is 5.80. The highest BCUT2D eigenvalue weighted by Gasteiger charge is 2.35. The lowest BCUT2D eigenvalue weighted by Crippen LogP contribution is -2.43. The summed E-state index contributed by atoms with van der Waals surface area (Å²) in [5.74, 6) is 0.138. The van der Waals surface area contributed by atoms with E-state index >= 15 is 0 Å². The fourth-order valence-corrected chi connectivity index (χ4v) is 2.52. The van der Waals surface area contributed by atoms with E-state index in [1.54, 1.807) is 22.0 Å². The monoisotopic (exact) mass is 356 g/mol. The van der Waals surface area contributed by atoms with Crippen LogP contribution < -0.4 is 10.2 Å². The van der Waals surface area contributed by atoms with Crippen molar-refractivity contribution >= 4 is 5.95 Å². The fraction of sp³-hybridized carbons (Fsp3) is 0.533. The summed E-state index contributed by atoms with van der Waals surface area (Å²) in [6.07, 6.45) is -0.249. The number of aliphatic hydroxyl groups is 1. The van der Waals surface area contributed by atoms with Crippen molar-refractivity contribution in [3.8, 4) is 11.3 Å². The van der Waals surface area contributed by atoms with Crippen LogP contribution in [0, 0.1) is 0 Å². The van der Waals surface area contributed by atoms with Gasteiger partial charge in [0.15, 0.2) is 5.69 Å². The maximum atomic E-state index is 13.1. The third kappa shape index (κ3) is 3.59. The van der Waals surface area contributed by atoms with Crippen molar-refractivity contribution in [1.29, 1.82) is 0 Å². The van der Waals surface area contributed by atoms with E-state index in [0.717, 1.165) is 32.7 Å². The smallest absolute Gasteiger partial charge is 0.400 e. The van der Waals surface area contributed by atoms with Crippen LogP contribution in [0.4, 0.5) is 19.1 Å². The highest BCUT2D eigenvalue weighted by atomic mass is 19.4. The molecule has 0 saturated carbocycles. The number of hydrogen-bond donors (Lipinski definition) is 2. The molecule has 2 fully saturated rings. The molecule has 2 aromatic heterocycles. The first kappa shape index (κ1) is 17.6. The van der Waals surface area contributed by atoms with Gasteiger partial charge in [0.2, 0.25) is 5.95 Å². The Morgan fingerprint density at radius 3 is 2.44 bits per heavy atom. The molecule has 2 saturated heterocycles. The standard InChI is InChI=1S/C14H15F3N6.CH4O/c15-14(16,17)12-4-11(20-13(21-12)22-2-1-3-22)9-5-19-23(8-9)10-6-18-7-10;1-2/h4-5,8,10,18H,1-3,6-7H2;2H,1H3. The Hall–Kier alpha value is -2.20. The van der Waals surface area contributed by atoms with Gasteiger partial charge >= 0.3 is 6.18 Å². The summed E-state index contributed by atoms with van der Waals surface area (Å²) in [4.78, 5) is 9.72. The zero-order valence-electron chi connectivity index (χ0n) is 13.7. The minimum Gasteiger partial charge on any atom is -0.400 e. The summed E-state index contributed by atoms with van der Waals surface area (Å²) in [6, 6.07) is 1.24. The van der Waals surface area contributed by atoms with Gasteiger partial charge in [0.1, 0.15) is 0 Å². The lowest BCUT2D eigenvalue weighted by Gasteiger charge is -2.31. The minimum atomic E-state index is -4.49. The molecular weight excluding hydrogens is 337 g/mol. The van der Waals surface area contributed by atoms with Gasteiger partial charge in [-0.15, -0.1) is 0 Å². The van der Waals surface area contributed by atoms with E-state index in [4.69, 9.17) is 5.11 Å². The van der Waals surface area contributed by atoms with Crippen LogP contribution in [0.15, 0.2) is 18.5 Å². The molecule has 2 N–H and O–H groups in total. The first-order valence-corrected chi connectivity index (χ1v) is 7.92. The van der Waals surface area contributed by atoms with E-state index in [2.05, 4.69) is 20.4 Å². The van der Waals surface area contributed by atoms with Crippen molar-refractivity contribution in [1.82, 2.24) is 25.1 Å². The van der Waals surface area contributed by atoms with Crippen LogP contribution in [0.25, 0.3) is 11.3 Å². The van der Waals surface area contributed by atoms with Crippen molar-refractivity contribution < 1.29 is 18.3 Å². The summed E-state index contributed by atoms with van der Waals surface area (Å²) < 4.78 is 41.1. The second kappa shape index (κ2) is 6.96. The van der Waals surface area contributed by atoms with Gasteiger partial charge in [-0.2, -0.15) is 18.3 Å². The number of rotatable bonds is 3. The molecule has 4 heterocycles. The molecule has 2 aromatic rings. The van der Waals surface area contributed by atoms with E-state index in [9.17, 15) is 13.2 Å². The van der Waals surface area contributed by atoms with Crippen LogP contribution in [-0.2, 0) is 6.18 Å². The Morgan fingerprint density at radius 1 is 1.20 bits per heavy atom. The highest BCUT2D eigenvalue weighted by Crippen LogP contribution is 2.32. The number of aromatic nitrogens is 4. The fourth-order valence-electron chi connectivity index (χ4n) is 2.52. The molecule has 4 rings (SSSR count). The third-order valence-corrected chi connectivity index (χ3v) is 4.17. The summed E-state index contributed by atoms with van der Waals surface area (Å²) in [5, 5.41) is 14.4. The zero-order chi connectivity index (χ0) is 18.0. The Balaban J connectivity index is 0.000000880. The summed E-state index contributed by atoms with van der Waals surface area (Å²) >= 11 is 0. The molecule has 2 aliphatic heterocycles. The SMILES string of the molecule is CO.FC(F)(F)c1cc(-c2cnn(C3CNC3)c2)nc(N2CCC2)n1. The lowest BCUT2D eigenvalue weighted by molar-refractivity contribution is -0.141. The molecule has 0 amide bonds. The van der Waals surface area contributed by atoms with Gasteiger partial charge in [-0.25, -0.2) is 9.97 Å². The summed E-state index contributed by atoms with van der Waals surface area (Å²) in [7, 11) is 1.00. The van der Waals surface area contributed by atoms with Crippen LogP contribution in [0.5, 0.6) is 0 Å². The van der Waals surface area contributed by atoms with Gasteiger partial charge in [-0.05, 0) is 12.5 Å². The molecule has 0 aliphatic carbocycles. The maximum absolute atomic E-state index is 13.1. The average molecular weight is 356 g/mol. The normalized spacial score (nSPS) is 17.4. The van der Waals surface area contributed by atoms with Gasteiger partial charge < -0.3 is 15.3 Å². The van der Waals surface area contributed by atoms with Crippen molar-refractivity contribution in [2.24, 2.45) is 0 Å². The number of alkyl halides is 3. The number of nitrogens with zero attached hydrogens (tertiary/aromatic N) is 5. The summed E-state index contributed by atoms with van der Waals surface area (Å²) in [5.41, 5.74) is -0.0817. The molecule has 25 heavy (non-hydrogen) atoms. The molecule has 0 spiro atoms. The molecule has 0 aromatic carbocycles. The van der Waals surface area contributed by atoms with Gasteiger partial charge in [-0.3, -0.25) is 4.68 Å². The molecule has 136 valence electrons. The van der Waals surface area contributed by atoms with Gasteiger partial charge in [-0.1, -0.05) is 0 Å². The van der Waals surface area contributed by atoms with Crippen molar-refractivity contribution in [2.75, 3.05) is 38.2 Å². The van der Waals surface area contributed by atoms with Gasteiger partial charge in [0, 0.05) is 45.0 Å². The number of anilines is 1. The number of hydrogen-bond acceptors (Lipinski definition) is 6. The molecule has 0 radical (unpaired) electrons. The van der Waals surface area contributed by atoms with Crippen molar-refractivity contribution in [3.63, 3.8) is 0 Å². The van der Waals surface area contributed by atoms with Crippen LogP contribution >= 0.6 is 0 Å². The number of halogens is 3. The summed E-state index contributed by atoms with van der Waals surface area (Å²) in [6.45, 7) is 3.01. The molecule has 10 heteroatoms.